The first-order valence-electron chi connectivity index (χ1n) is 7.43. The number of amides is 1. The van der Waals surface area contributed by atoms with Crippen molar-refractivity contribution in [1.82, 2.24) is 4.90 Å². The molecule has 0 aliphatic heterocycles. The molecule has 7 heteroatoms. The Kier molecular flexibility index (Phi) is 6.39. The Bertz CT molecular complexity index is 783. The van der Waals surface area contributed by atoms with E-state index >= 15 is 0 Å². The maximum absolute atomic E-state index is 13.5. The molecule has 0 bridgehead atoms. The lowest BCUT2D eigenvalue weighted by atomic mass is 10.1. The summed E-state index contributed by atoms with van der Waals surface area (Å²) in [6.07, 6.45) is 0. The van der Waals surface area contributed by atoms with Gasteiger partial charge in [-0.3, -0.25) is 4.79 Å². The number of ether oxygens (including phenoxy) is 1. The minimum Gasteiger partial charge on any atom is -0.452 e. The van der Waals surface area contributed by atoms with Crippen LogP contribution in [0.3, 0.4) is 0 Å². The minimum absolute atomic E-state index is 0.0464. The lowest BCUT2D eigenvalue weighted by Crippen LogP contribution is -2.33. The van der Waals surface area contributed by atoms with Crippen LogP contribution in [0.5, 0.6) is 0 Å². The van der Waals surface area contributed by atoms with E-state index in [0.29, 0.717) is 0 Å². The Balaban J connectivity index is 1.99. The molecule has 25 heavy (non-hydrogen) atoms. The van der Waals surface area contributed by atoms with E-state index in [4.69, 9.17) is 27.9 Å². The van der Waals surface area contributed by atoms with Gasteiger partial charge < -0.3 is 9.64 Å². The van der Waals surface area contributed by atoms with Crippen LogP contribution < -0.4 is 0 Å². The molecule has 0 aliphatic rings. The molecule has 2 aromatic carbocycles. The molecular formula is C18H16Cl2FNO3. The molecule has 0 radical (unpaired) electrons. The van der Waals surface area contributed by atoms with E-state index < -0.39 is 24.3 Å². The number of halogens is 3. The van der Waals surface area contributed by atoms with Crippen molar-refractivity contribution in [3.8, 4) is 0 Å². The van der Waals surface area contributed by atoms with Gasteiger partial charge in [0.15, 0.2) is 6.61 Å². The number of benzene rings is 2. The van der Waals surface area contributed by atoms with Crippen LogP contribution in [0.4, 0.5) is 4.39 Å². The zero-order valence-electron chi connectivity index (χ0n) is 13.6. The summed E-state index contributed by atoms with van der Waals surface area (Å²) in [5, 5.41) is -0.246. The smallest absolute Gasteiger partial charge is 0.340 e. The largest absolute Gasteiger partial charge is 0.452 e. The summed E-state index contributed by atoms with van der Waals surface area (Å²) >= 11 is 11.4. The number of rotatable bonds is 5. The van der Waals surface area contributed by atoms with Gasteiger partial charge in [0, 0.05) is 7.05 Å². The molecule has 4 nitrogen and oxygen atoms in total. The Morgan fingerprint density at radius 2 is 1.80 bits per heavy atom. The highest BCUT2D eigenvalue weighted by Gasteiger charge is 2.21. The zero-order chi connectivity index (χ0) is 18.6. The second-order valence-corrected chi connectivity index (χ2v) is 6.23. The molecule has 132 valence electrons. The van der Waals surface area contributed by atoms with E-state index in [2.05, 4.69) is 0 Å². The van der Waals surface area contributed by atoms with Crippen LogP contribution >= 0.6 is 23.2 Å². The van der Waals surface area contributed by atoms with Crippen molar-refractivity contribution in [2.45, 2.75) is 13.0 Å². The molecule has 0 aliphatic carbocycles. The molecule has 0 saturated heterocycles. The SMILES string of the molecule is CC(c1ccccc1)N(C)C(=O)COC(=O)c1cc(F)c(Cl)cc1Cl. The van der Waals surface area contributed by atoms with Crippen molar-refractivity contribution in [2.24, 2.45) is 0 Å². The average molecular weight is 384 g/mol. The zero-order valence-corrected chi connectivity index (χ0v) is 15.1. The molecule has 0 spiro atoms. The van der Waals surface area contributed by atoms with Crippen LogP contribution in [-0.2, 0) is 9.53 Å². The summed E-state index contributed by atoms with van der Waals surface area (Å²) in [7, 11) is 1.61. The highest BCUT2D eigenvalue weighted by Crippen LogP contribution is 2.25. The topological polar surface area (TPSA) is 46.6 Å². The Hall–Kier alpha value is -2.11. The van der Waals surface area contributed by atoms with E-state index in [1.165, 1.54) is 4.90 Å². The molecule has 0 fully saturated rings. The first-order valence-corrected chi connectivity index (χ1v) is 8.19. The first-order chi connectivity index (χ1) is 11.8. The van der Waals surface area contributed by atoms with Crippen LogP contribution in [0, 0.1) is 5.82 Å². The molecule has 1 amide bonds. The fraction of sp³-hybridized carbons (Fsp3) is 0.222. The van der Waals surface area contributed by atoms with Gasteiger partial charge in [-0.05, 0) is 24.6 Å². The highest BCUT2D eigenvalue weighted by molar-refractivity contribution is 6.36. The Morgan fingerprint density at radius 1 is 1.16 bits per heavy atom. The molecule has 1 atom stereocenters. The molecule has 0 saturated carbocycles. The standard InChI is InChI=1S/C18H16Cl2FNO3/c1-11(12-6-4-3-5-7-12)22(2)17(23)10-25-18(24)13-8-16(21)15(20)9-14(13)19/h3-9,11H,10H2,1-2H3. The third kappa shape index (κ3) is 4.71. The lowest BCUT2D eigenvalue weighted by molar-refractivity contribution is -0.135. The number of carbonyl (C=O) groups excluding carboxylic acids is 2. The van der Waals surface area contributed by atoms with E-state index in [0.717, 1.165) is 17.7 Å². The van der Waals surface area contributed by atoms with Crippen molar-refractivity contribution in [3.05, 3.63) is 69.5 Å². The monoisotopic (exact) mass is 383 g/mol. The van der Waals surface area contributed by atoms with Crippen molar-refractivity contribution in [2.75, 3.05) is 13.7 Å². The number of hydrogen-bond acceptors (Lipinski definition) is 3. The quantitative estimate of drug-likeness (QED) is 0.563. The van der Waals surface area contributed by atoms with Crippen LogP contribution in [0.2, 0.25) is 10.0 Å². The maximum atomic E-state index is 13.5. The Labute approximate surface area is 155 Å². The number of carbonyl (C=O) groups is 2. The fourth-order valence-corrected chi connectivity index (χ4v) is 2.62. The van der Waals surface area contributed by atoms with Crippen LogP contribution in [-0.4, -0.2) is 30.4 Å². The van der Waals surface area contributed by atoms with E-state index in [9.17, 15) is 14.0 Å². The van der Waals surface area contributed by atoms with Gasteiger partial charge in [0.05, 0.1) is 21.7 Å². The van der Waals surface area contributed by atoms with Crippen molar-refractivity contribution in [1.29, 1.82) is 0 Å². The number of nitrogens with zero attached hydrogens (tertiary/aromatic N) is 1. The first kappa shape index (κ1) is 19.2. The molecule has 0 aromatic heterocycles. The molecule has 0 heterocycles. The summed E-state index contributed by atoms with van der Waals surface area (Å²) in [4.78, 5) is 25.7. The van der Waals surface area contributed by atoms with Gasteiger partial charge in [-0.2, -0.15) is 0 Å². The van der Waals surface area contributed by atoms with Crippen LogP contribution in [0.1, 0.15) is 28.9 Å². The average Bonchev–Trinajstić information content (AvgIpc) is 2.61. The normalized spacial score (nSPS) is 11.7. The second kappa shape index (κ2) is 8.32. The predicted molar refractivity (Wildman–Crippen MR) is 94.3 cm³/mol. The van der Waals surface area contributed by atoms with Gasteiger partial charge in [0.1, 0.15) is 5.82 Å². The van der Waals surface area contributed by atoms with Gasteiger partial charge >= 0.3 is 5.97 Å². The summed E-state index contributed by atoms with van der Waals surface area (Å²) in [6, 6.07) is 11.2. The number of esters is 1. The summed E-state index contributed by atoms with van der Waals surface area (Å²) in [5.41, 5.74) is 0.766. The maximum Gasteiger partial charge on any atom is 0.340 e. The van der Waals surface area contributed by atoms with Crippen molar-refractivity contribution < 1.29 is 18.7 Å². The van der Waals surface area contributed by atoms with Crippen molar-refractivity contribution in [3.63, 3.8) is 0 Å². The fourth-order valence-electron chi connectivity index (χ4n) is 2.16. The summed E-state index contributed by atoms with van der Waals surface area (Å²) in [5.74, 6) is -2.08. The minimum atomic E-state index is -0.894. The van der Waals surface area contributed by atoms with Crippen molar-refractivity contribution >= 4 is 35.1 Å². The highest BCUT2D eigenvalue weighted by atomic mass is 35.5. The molecule has 2 aromatic rings. The third-order valence-electron chi connectivity index (χ3n) is 3.81. The molecular weight excluding hydrogens is 368 g/mol. The van der Waals surface area contributed by atoms with Gasteiger partial charge in [0.25, 0.3) is 5.91 Å². The third-order valence-corrected chi connectivity index (χ3v) is 4.42. The summed E-state index contributed by atoms with van der Waals surface area (Å²) in [6.45, 7) is 1.38. The molecule has 1 unspecified atom stereocenters. The van der Waals surface area contributed by atoms with Gasteiger partial charge in [0.2, 0.25) is 0 Å². The predicted octanol–water partition coefficient (Wildman–Crippen LogP) is 4.51. The van der Waals surface area contributed by atoms with Gasteiger partial charge in [-0.25, -0.2) is 9.18 Å². The number of likely N-dealkylation sites (N-methyl/N-ethyl adjacent to an activating group) is 1. The molecule has 2 rings (SSSR count). The van der Waals surface area contributed by atoms with Crippen LogP contribution in [0.15, 0.2) is 42.5 Å². The lowest BCUT2D eigenvalue weighted by Gasteiger charge is -2.25. The molecule has 0 N–H and O–H groups in total. The van der Waals surface area contributed by atoms with Crippen LogP contribution in [0.25, 0.3) is 0 Å². The van der Waals surface area contributed by atoms with Gasteiger partial charge in [-0.15, -0.1) is 0 Å². The summed E-state index contributed by atoms with van der Waals surface area (Å²) < 4.78 is 18.4. The van der Waals surface area contributed by atoms with E-state index in [-0.39, 0.29) is 21.7 Å². The second-order valence-electron chi connectivity index (χ2n) is 5.41. The van der Waals surface area contributed by atoms with E-state index in [1.54, 1.807) is 7.05 Å². The van der Waals surface area contributed by atoms with E-state index in [1.807, 2.05) is 37.3 Å². The number of hydrogen-bond donors (Lipinski definition) is 0. The van der Waals surface area contributed by atoms with Gasteiger partial charge in [-0.1, -0.05) is 53.5 Å². The Morgan fingerprint density at radius 3 is 2.44 bits per heavy atom.